The van der Waals surface area contributed by atoms with Crippen LogP contribution >= 0.6 is 11.3 Å². The molecule has 2 rings (SSSR count). The molecule has 96 valence electrons. The second-order valence-corrected chi connectivity index (χ2v) is 5.48. The molecule has 0 amide bonds. The normalized spacial score (nSPS) is 10.8. The summed E-state index contributed by atoms with van der Waals surface area (Å²) in [6.45, 7) is 5.03. The molecule has 0 radical (unpaired) electrons. The molecule has 0 aliphatic heterocycles. The molecular formula is C13H15NO3S. The first-order valence-corrected chi connectivity index (χ1v) is 6.46. The predicted molar refractivity (Wildman–Crippen MR) is 70.0 cm³/mol. The molecule has 0 saturated carbocycles. The maximum Gasteiger partial charge on any atom is 0.339 e. The summed E-state index contributed by atoms with van der Waals surface area (Å²) in [5.41, 5.74) is 0.235. The third-order valence-corrected chi connectivity index (χ3v) is 3.59. The number of carbonyl (C=O) groups is 1. The van der Waals surface area contributed by atoms with Crippen molar-refractivity contribution in [2.75, 3.05) is 0 Å². The number of hydrogen-bond donors (Lipinski definition) is 2. The Hall–Kier alpha value is -1.59. The molecule has 0 bridgehead atoms. The lowest BCUT2D eigenvalue weighted by molar-refractivity contribution is 0.0695. The highest BCUT2D eigenvalue weighted by Gasteiger charge is 2.13. The van der Waals surface area contributed by atoms with E-state index >= 15 is 0 Å². The van der Waals surface area contributed by atoms with E-state index in [2.05, 4.69) is 24.4 Å². The minimum absolute atomic E-state index is 0.235. The Kier molecular flexibility index (Phi) is 3.84. The van der Waals surface area contributed by atoms with Crippen LogP contribution in [0.1, 0.15) is 31.6 Å². The topological polar surface area (TPSA) is 62.5 Å². The third kappa shape index (κ3) is 3.00. The molecule has 18 heavy (non-hydrogen) atoms. The summed E-state index contributed by atoms with van der Waals surface area (Å²) < 4.78 is 5.38. The summed E-state index contributed by atoms with van der Waals surface area (Å²) in [4.78, 5) is 13.4. The number of furan rings is 1. The van der Waals surface area contributed by atoms with Crippen LogP contribution in [-0.2, 0) is 13.1 Å². The molecule has 2 N–H and O–H groups in total. The maximum absolute atomic E-state index is 10.9. The van der Waals surface area contributed by atoms with Crippen LogP contribution in [0.15, 0.2) is 22.6 Å². The highest BCUT2D eigenvalue weighted by atomic mass is 32.1. The third-order valence-electron chi connectivity index (χ3n) is 2.59. The SMILES string of the molecule is Cc1ccc(CNCc2cc(C(=O)O)c(C)o2)s1. The molecule has 0 fully saturated rings. The van der Waals surface area contributed by atoms with Gasteiger partial charge in [0, 0.05) is 16.3 Å². The number of rotatable bonds is 5. The van der Waals surface area contributed by atoms with E-state index in [1.807, 2.05) is 0 Å². The average molecular weight is 265 g/mol. The zero-order valence-electron chi connectivity index (χ0n) is 10.3. The van der Waals surface area contributed by atoms with Gasteiger partial charge in [-0.2, -0.15) is 0 Å². The maximum atomic E-state index is 10.9. The molecule has 0 unspecified atom stereocenters. The minimum Gasteiger partial charge on any atom is -0.478 e. The van der Waals surface area contributed by atoms with Crippen LogP contribution in [0.25, 0.3) is 0 Å². The van der Waals surface area contributed by atoms with Gasteiger partial charge in [-0.15, -0.1) is 11.3 Å². The van der Waals surface area contributed by atoms with E-state index in [9.17, 15) is 4.79 Å². The molecule has 0 saturated heterocycles. The molecule has 0 aliphatic rings. The number of aryl methyl sites for hydroxylation is 2. The fourth-order valence-corrected chi connectivity index (χ4v) is 2.59. The van der Waals surface area contributed by atoms with E-state index < -0.39 is 5.97 Å². The molecule has 4 nitrogen and oxygen atoms in total. The van der Waals surface area contributed by atoms with Crippen molar-refractivity contribution in [3.63, 3.8) is 0 Å². The van der Waals surface area contributed by atoms with Crippen molar-refractivity contribution in [1.29, 1.82) is 0 Å². The fraction of sp³-hybridized carbons (Fsp3) is 0.308. The molecule has 0 aromatic carbocycles. The zero-order valence-corrected chi connectivity index (χ0v) is 11.1. The van der Waals surface area contributed by atoms with E-state index in [4.69, 9.17) is 9.52 Å². The number of aromatic carboxylic acids is 1. The van der Waals surface area contributed by atoms with Crippen LogP contribution in [-0.4, -0.2) is 11.1 Å². The molecule has 2 heterocycles. The summed E-state index contributed by atoms with van der Waals surface area (Å²) in [6, 6.07) is 5.74. The Bertz CT molecular complexity index is 556. The zero-order chi connectivity index (χ0) is 13.1. The number of hydrogen-bond acceptors (Lipinski definition) is 4. The molecule has 2 aromatic rings. The molecule has 0 aliphatic carbocycles. The molecule has 0 spiro atoms. The Morgan fingerprint density at radius 2 is 2.17 bits per heavy atom. The van der Waals surface area contributed by atoms with E-state index in [0.29, 0.717) is 18.1 Å². The number of thiophene rings is 1. The monoisotopic (exact) mass is 265 g/mol. The first kappa shape index (κ1) is 12.9. The Balaban J connectivity index is 1.90. The highest BCUT2D eigenvalue weighted by Crippen LogP contribution is 2.16. The van der Waals surface area contributed by atoms with Gasteiger partial charge in [-0.1, -0.05) is 0 Å². The van der Waals surface area contributed by atoms with Gasteiger partial charge < -0.3 is 14.8 Å². The largest absolute Gasteiger partial charge is 0.478 e. The average Bonchev–Trinajstić information content (AvgIpc) is 2.85. The van der Waals surface area contributed by atoms with Crippen molar-refractivity contribution in [3.8, 4) is 0 Å². The van der Waals surface area contributed by atoms with Gasteiger partial charge >= 0.3 is 5.97 Å². The van der Waals surface area contributed by atoms with Gasteiger partial charge in [0.1, 0.15) is 17.1 Å². The Morgan fingerprint density at radius 3 is 2.72 bits per heavy atom. The molecule has 5 heteroatoms. The second kappa shape index (κ2) is 5.37. The van der Waals surface area contributed by atoms with Gasteiger partial charge in [0.25, 0.3) is 0 Å². The number of carboxylic acids is 1. The van der Waals surface area contributed by atoms with Gasteiger partial charge in [0.2, 0.25) is 0 Å². The van der Waals surface area contributed by atoms with Crippen molar-refractivity contribution in [2.45, 2.75) is 26.9 Å². The van der Waals surface area contributed by atoms with E-state index in [0.717, 1.165) is 6.54 Å². The van der Waals surface area contributed by atoms with Gasteiger partial charge in [-0.3, -0.25) is 0 Å². The fourth-order valence-electron chi connectivity index (χ4n) is 1.73. The van der Waals surface area contributed by atoms with Gasteiger partial charge in [-0.25, -0.2) is 4.79 Å². The van der Waals surface area contributed by atoms with Crippen LogP contribution in [0.5, 0.6) is 0 Å². The standard InChI is InChI=1S/C13H15NO3S/c1-8-3-4-11(18-8)7-14-6-10-5-12(13(15)16)9(2)17-10/h3-5,14H,6-7H2,1-2H3,(H,15,16). The Morgan fingerprint density at radius 1 is 1.39 bits per heavy atom. The van der Waals surface area contributed by atoms with Gasteiger partial charge in [0.15, 0.2) is 0 Å². The highest BCUT2D eigenvalue weighted by molar-refractivity contribution is 7.11. The summed E-state index contributed by atoms with van der Waals surface area (Å²) in [7, 11) is 0. The lowest BCUT2D eigenvalue weighted by atomic mass is 10.2. The quantitative estimate of drug-likeness (QED) is 0.872. The van der Waals surface area contributed by atoms with Crippen LogP contribution in [0.2, 0.25) is 0 Å². The summed E-state index contributed by atoms with van der Waals surface area (Å²) in [6.07, 6.45) is 0. The van der Waals surface area contributed by atoms with E-state index in [-0.39, 0.29) is 5.56 Å². The molecular weight excluding hydrogens is 250 g/mol. The van der Waals surface area contributed by atoms with Crippen LogP contribution in [0, 0.1) is 13.8 Å². The van der Waals surface area contributed by atoms with Crippen LogP contribution in [0.4, 0.5) is 0 Å². The molecule has 2 aromatic heterocycles. The van der Waals surface area contributed by atoms with E-state index in [1.165, 1.54) is 9.75 Å². The first-order valence-electron chi connectivity index (χ1n) is 5.65. The van der Waals surface area contributed by atoms with Crippen LogP contribution in [0.3, 0.4) is 0 Å². The van der Waals surface area contributed by atoms with Gasteiger partial charge in [-0.05, 0) is 32.0 Å². The minimum atomic E-state index is -0.948. The van der Waals surface area contributed by atoms with Crippen molar-refractivity contribution in [2.24, 2.45) is 0 Å². The summed E-state index contributed by atoms with van der Waals surface area (Å²) in [5.74, 6) is 0.154. The van der Waals surface area contributed by atoms with E-state index in [1.54, 1.807) is 24.3 Å². The van der Waals surface area contributed by atoms with Crippen molar-refractivity contribution in [1.82, 2.24) is 5.32 Å². The first-order chi connectivity index (χ1) is 8.56. The lowest BCUT2D eigenvalue weighted by Gasteiger charge is -1.99. The van der Waals surface area contributed by atoms with Crippen molar-refractivity contribution in [3.05, 3.63) is 45.0 Å². The lowest BCUT2D eigenvalue weighted by Crippen LogP contribution is -2.11. The summed E-state index contributed by atoms with van der Waals surface area (Å²) >= 11 is 1.75. The smallest absolute Gasteiger partial charge is 0.339 e. The Labute approximate surface area is 109 Å². The van der Waals surface area contributed by atoms with Gasteiger partial charge in [0.05, 0.1) is 6.54 Å². The summed E-state index contributed by atoms with van der Waals surface area (Å²) in [5, 5.41) is 12.1. The second-order valence-electron chi connectivity index (χ2n) is 4.10. The van der Waals surface area contributed by atoms with Crippen molar-refractivity contribution < 1.29 is 14.3 Å². The predicted octanol–water partition coefficient (Wildman–Crippen LogP) is 2.95. The van der Waals surface area contributed by atoms with Crippen molar-refractivity contribution >= 4 is 17.3 Å². The van der Waals surface area contributed by atoms with Crippen LogP contribution < -0.4 is 5.32 Å². The number of carboxylic acid groups (broad SMARTS) is 1. The number of nitrogens with one attached hydrogen (secondary N) is 1. The molecule has 0 atom stereocenters.